The van der Waals surface area contributed by atoms with Crippen molar-refractivity contribution in [3.8, 4) is 22.5 Å². The van der Waals surface area contributed by atoms with Crippen LogP contribution in [-0.2, 0) is 0 Å². The third-order valence-electron chi connectivity index (χ3n) is 6.68. The van der Waals surface area contributed by atoms with Gasteiger partial charge >= 0.3 is 5.97 Å². The number of carbonyl (C=O) groups is 2. The predicted molar refractivity (Wildman–Crippen MR) is 150 cm³/mol. The van der Waals surface area contributed by atoms with Gasteiger partial charge in [0.25, 0.3) is 5.91 Å². The number of aromatic amines is 1. The number of amides is 1. The van der Waals surface area contributed by atoms with E-state index in [1.54, 1.807) is 18.2 Å². The summed E-state index contributed by atoms with van der Waals surface area (Å²) in [6.45, 7) is 2.02. The topological polar surface area (TPSA) is 95.1 Å². The van der Waals surface area contributed by atoms with Crippen molar-refractivity contribution >= 4 is 34.5 Å². The van der Waals surface area contributed by atoms with Gasteiger partial charge in [0, 0.05) is 21.7 Å². The fraction of sp³-hybridized carbons (Fsp3) is 0.129. The highest BCUT2D eigenvalue weighted by Gasteiger charge is 2.23. The number of carbonyl (C=O) groups excluding carboxylic acids is 1. The SMILES string of the molecule is CCC[C@@H](NC(=O)c1ccc(-c2c(Cl)cccc2-c2nc3ccc(F)c(F)c3[nH]2)c(C(=O)O)c1)c1ccccc1. The fourth-order valence-electron chi connectivity index (χ4n) is 4.76. The van der Waals surface area contributed by atoms with E-state index in [1.807, 2.05) is 37.3 Å². The van der Waals surface area contributed by atoms with Crippen LogP contribution in [0, 0.1) is 11.6 Å². The highest BCUT2D eigenvalue weighted by atomic mass is 35.5. The Hall–Kier alpha value is -4.56. The number of aromatic carboxylic acids is 1. The van der Waals surface area contributed by atoms with Crippen molar-refractivity contribution in [1.29, 1.82) is 0 Å². The van der Waals surface area contributed by atoms with Crippen molar-refractivity contribution in [3.05, 3.63) is 112 Å². The van der Waals surface area contributed by atoms with Crippen LogP contribution in [0.4, 0.5) is 8.78 Å². The smallest absolute Gasteiger partial charge is 0.336 e. The van der Waals surface area contributed by atoms with E-state index in [2.05, 4.69) is 15.3 Å². The molecule has 0 bridgehead atoms. The normalized spacial score (nSPS) is 11.9. The van der Waals surface area contributed by atoms with Gasteiger partial charge in [0.05, 0.1) is 17.1 Å². The molecule has 1 atom stereocenters. The number of nitrogens with zero attached hydrogens (tertiary/aromatic N) is 1. The van der Waals surface area contributed by atoms with Crippen LogP contribution >= 0.6 is 11.6 Å². The lowest BCUT2D eigenvalue weighted by molar-refractivity contribution is 0.0697. The van der Waals surface area contributed by atoms with Crippen LogP contribution in [0.1, 0.15) is 52.1 Å². The number of rotatable bonds is 8. The quantitative estimate of drug-likeness (QED) is 0.181. The molecule has 1 amide bonds. The fourth-order valence-corrected chi connectivity index (χ4v) is 5.04. The highest BCUT2D eigenvalue weighted by molar-refractivity contribution is 6.34. The van der Waals surface area contributed by atoms with Gasteiger partial charge in [-0.25, -0.2) is 18.6 Å². The standard InChI is InChI=1S/C31H24ClF2N3O3/c1-2-7-24(17-8-4-3-5-9-17)36-30(38)18-12-13-19(21(16-18)31(39)40)26-20(10-6-11-22(26)32)29-35-25-15-14-23(33)27(34)28(25)37-29/h3-6,8-16,24H,2,7H2,1H3,(H,35,37)(H,36,38)(H,39,40)/t24-/m1/s1. The Bertz CT molecular complexity index is 1740. The molecule has 0 saturated heterocycles. The van der Waals surface area contributed by atoms with Crippen LogP contribution in [0.3, 0.4) is 0 Å². The summed E-state index contributed by atoms with van der Waals surface area (Å²) in [5.41, 5.74) is 2.00. The maximum Gasteiger partial charge on any atom is 0.336 e. The molecule has 1 heterocycles. The number of fused-ring (bicyclic) bond motifs is 1. The molecule has 40 heavy (non-hydrogen) atoms. The van der Waals surface area contributed by atoms with Crippen molar-refractivity contribution in [2.24, 2.45) is 0 Å². The number of nitrogens with one attached hydrogen (secondary N) is 2. The van der Waals surface area contributed by atoms with Crippen LogP contribution in [-0.4, -0.2) is 27.0 Å². The molecule has 5 aromatic rings. The molecule has 6 nitrogen and oxygen atoms in total. The second kappa shape index (κ2) is 11.3. The molecule has 0 radical (unpaired) electrons. The minimum absolute atomic E-state index is 0.119. The zero-order chi connectivity index (χ0) is 28.4. The summed E-state index contributed by atoms with van der Waals surface area (Å²) < 4.78 is 28.2. The monoisotopic (exact) mass is 559 g/mol. The van der Waals surface area contributed by atoms with Crippen molar-refractivity contribution in [2.45, 2.75) is 25.8 Å². The molecule has 9 heteroatoms. The first-order valence-corrected chi connectivity index (χ1v) is 13.0. The summed E-state index contributed by atoms with van der Waals surface area (Å²) in [7, 11) is 0. The van der Waals surface area contributed by atoms with E-state index >= 15 is 0 Å². The molecule has 0 aliphatic rings. The summed E-state index contributed by atoms with van der Waals surface area (Å²) in [6.07, 6.45) is 1.55. The van der Waals surface area contributed by atoms with Crippen molar-refractivity contribution < 1.29 is 23.5 Å². The van der Waals surface area contributed by atoms with E-state index in [0.29, 0.717) is 17.5 Å². The van der Waals surface area contributed by atoms with Crippen LogP contribution in [0.15, 0.2) is 78.9 Å². The van der Waals surface area contributed by atoms with Gasteiger partial charge in [-0.15, -0.1) is 0 Å². The zero-order valence-corrected chi connectivity index (χ0v) is 22.1. The summed E-state index contributed by atoms with van der Waals surface area (Å²) in [5, 5.41) is 13.4. The van der Waals surface area contributed by atoms with Crippen LogP contribution in [0.2, 0.25) is 5.02 Å². The van der Waals surface area contributed by atoms with Crippen LogP contribution in [0.25, 0.3) is 33.5 Å². The maximum atomic E-state index is 14.4. The Balaban J connectivity index is 1.57. The molecule has 5 rings (SSSR count). The first-order valence-electron chi connectivity index (χ1n) is 12.6. The van der Waals surface area contributed by atoms with E-state index in [4.69, 9.17) is 11.6 Å². The number of carboxylic acid groups (broad SMARTS) is 1. The molecular weight excluding hydrogens is 536 g/mol. The minimum atomic E-state index is -1.26. The molecule has 3 N–H and O–H groups in total. The van der Waals surface area contributed by atoms with Gasteiger partial charge in [-0.1, -0.05) is 73.5 Å². The number of benzene rings is 4. The molecule has 0 aliphatic heterocycles. The van der Waals surface area contributed by atoms with Gasteiger partial charge in [-0.05, 0) is 47.9 Å². The average Bonchev–Trinajstić information content (AvgIpc) is 3.40. The summed E-state index contributed by atoms with van der Waals surface area (Å²) >= 11 is 6.57. The second-order valence-electron chi connectivity index (χ2n) is 9.29. The highest BCUT2D eigenvalue weighted by Crippen LogP contribution is 2.39. The van der Waals surface area contributed by atoms with Gasteiger partial charge in [0.2, 0.25) is 0 Å². The number of carboxylic acids is 1. The first kappa shape index (κ1) is 27.0. The molecule has 0 aliphatic carbocycles. The van der Waals surface area contributed by atoms with E-state index in [0.717, 1.165) is 18.1 Å². The Morgan fingerprint density at radius 3 is 2.50 bits per heavy atom. The zero-order valence-electron chi connectivity index (χ0n) is 21.3. The Morgan fingerprint density at radius 2 is 1.77 bits per heavy atom. The third kappa shape index (κ3) is 5.18. The number of hydrogen-bond acceptors (Lipinski definition) is 3. The lowest BCUT2D eigenvalue weighted by Crippen LogP contribution is -2.28. The first-order chi connectivity index (χ1) is 19.3. The molecule has 0 saturated carbocycles. The number of aromatic nitrogens is 2. The molecule has 202 valence electrons. The van der Waals surface area contributed by atoms with Gasteiger partial charge in [0.1, 0.15) is 11.3 Å². The van der Waals surface area contributed by atoms with Crippen molar-refractivity contribution in [2.75, 3.05) is 0 Å². The number of hydrogen-bond donors (Lipinski definition) is 3. The number of halogens is 3. The minimum Gasteiger partial charge on any atom is -0.478 e. The maximum absolute atomic E-state index is 14.4. The van der Waals surface area contributed by atoms with E-state index in [-0.39, 0.29) is 44.6 Å². The van der Waals surface area contributed by atoms with Gasteiger partial charge in [-0.3, -0.25) is 4.79 Å². The molecule has 0 spiro atoms. The number of imidazole rings is 1. The lowest BCUT2D eigenvalue weighted by atomic mass is 9.93. The largest absolute Gasteiger partial charge is 0.478 e. The lowest BCUT2D eigenvalue weighted by Gasteiger charge is -2.19. The second-order valence-corrected chi connectivity index (χ2v) is 9.70. The Morgan fingerprint density at radius 1 is 1.00 bits per heavy atom. The van der Waals surface area contributed by atoms with Crippen LogP contribution < -0.4 is 5.32 Å². The van der Waals surface area contributed by atoms with E-state index < -0.39 is 23.5 Å². The average molecular weight is 560 g/mol. The summed E-state index contributed by atoms with van der Waals surface area (Å²) in [4.78, 5) is 32.8. The molecule has 1 aromatic heterocycles. The molecule has 0 fully saturated rings. The number of H-pyrrole nitrogens is 1. The predicted octanol–water partition coefficient (Wildman–Crippen LogP) is 7.80. The molecule has 4 aromatic carbocycles. The van der Waals surface area contributed by atoms with Gasteiger partial charge < -0.3 is 15.4 Å². The Labute approximate surface area is 233 Å². The molecular formula is C31H24ClF2N3O3. The van der Waals surface area contributed by atoms with Gasteiger partial charge in [-0.2, -0.15) is 0 Å². The summed E-state index contributed by atoms with van der Waals surface area (Å²) in [6, 6.07) is 20.9. The van der Waals surface area contributed by atoms with E-state index in [1.165, 1.54) is 24.3 Å². The molecule has 0 unspecified atom stereocenters. The Kier molecular flexibility index (Phi) is 7.62. The van der Waals surface area contributed by atoms with Crippen molar-refractivity contribution in [3.63, 3.8) is 0 Å². The van der Waals surface area contributed by atoms with Crippen molar-refractivity contribution in [1.82, 2.24) is 15.3 Å². The summed E-state index contributed by atoms with van der Waals surface area (Å²) in [5.74, 6) is -3.59. The van der Waals surface area contributed by atoms with Gasteiger partial charge in [0.15, 0.2) is 11.6 Å². The third-order valence-corrected chi connectivity index (χ3v) is 7.00. The van der Waals surface area contributed by atoms with Crippen LogP contribution in [0.5, 0.6) is 0 Å². The van der Waals surface area contributed by atoms with E-state index in [9.17, 15) is 23.5 Å².